The van der Waals surface area contributed by atoms with Crippen LogP contribution in [0.4, 0.5) is 0 Å². The molecule has 0 N–H and O–H groups in total. The lowest BCUT2D eigenvalue weighted by atomic mass is 10.2. The number of hydrogen-bond acceptors (Lipinski definition) is 3. The Morgan fingerprint density at radius 3 is 2.17 bits per heavy atom. The summed E-state index contributed by atoms with van der Waals surface area (Å²) >= 11 is 0. The first kappa shape index (κ1) is 14.0. The Balaban J connectivity index is 0. The average Bonchev–Trinajstić information content (AvgIpc) is 1.98. The molecule has 0 aliphatic heterocycles. The molecule has 0 fully saturated rings. The Kier molecular flexibility index (Phi) is 8.27. The summed E-state index contributed by atoms with van der Waals surface area (Å²) in [6.45, 7) is 6.12. The monoisotopic (exact) mass is 176 g/mol. The summed E-state index contributed by atoms with van der Waals surface area (Å²) in [6, 6.07) is 0. The standard InChI is InChI=1S/C8H16O3.CH4/c1-6(2)5-11-8(9)7(3)10-4;/h6-7H,5H2,1-4H3;1H4. The molecule has 74 valence electrons. The van der Waals surface area contributed by atoms with Crippen LogP contribution in [-0.2, 0) is 14.3 Å². The quantitative estimate of drug-likeness (QED) is 0.613. The number of methoxy groups -OCH3 is 1. The number of hydrogen-bond donors (Lipinski definition) is 0. The van der Waals surface area contributed by atoms with Crippen LogP contribution in [0.5, 0.6) is 0 Å². The summed E-state index contributed by atoms with van der Waals surface area (Å²) in [6.07, 6.45) is -0.450. The molecule has 3 heteroatoms. The van der Waals surface area contributed by atoms with Crippen LogP contribution in [0.25, 0.3) is 0 Å². The van der Waals surface area contributed by atoms with Gasteiger partial charge in [-0.1, -0.05) is 21.3 Å². The Morgan fingerprint density at radius 2 is 1.83 bits per heavy atom. The summed E-state index contributed by atoms with van der Waals surface area (Å²) in [7, 11) is 1.49. The largest absolute Gasteiger partial charge is 0.464 e. The predicted octanol–water partition coefficient (Wildman–Crippen LogP) is 1.86. The molecule has 0 radical (unpaired) electrons. The normalized spacial score (nSPS) is 12.1. The van der Waals surface area contributed by atoms with Gasteiger partial charge in [-0.3, -0.25) is 0 Å². The highest BCUT2D eigenvalue weighted by Crippen LogP contribution is 1.97. The highest BCUT2D eigenvalue weighted by molar-refractivity contribution is 5.74. The molecule has 0 aromatic heterocycles. The van der Waals surface area contributed by atoms with Gasteiger partial charge in [0.05, 0.1) is 6.61 Å². The summed E-state index contributed by atoms with van der Waals surface area (Å²) in [5, 5.41) is 0. The first-order valence-corrected chi connectivity index (χ1v) is 3.77. The molecule has 1 unspecified atom stereocenters. The molecule has 0 aromatic carbocycles. The van der Waals surface area contributed by atoms with Crippen LogP contribution in [0.1, 0.15) is 28.2 Å². The van der Waals surface area contributed by atoms with Gasteiger partial charge in [0.1, 0.15) is 0 Å². The fourth-order valence-corrected chi connectivity index (χ4v) is 0.462. The second kappa shape index (κ2) is 7.10. The number of ether oxygens (including phenoxy) is 2. The Labute approximate surface area is 75.1 Å². The number of carbonyl (C=O) groups is 1. The maximum absolute atomic E-state index is 10.9. The lowest BCUT2D eigenvalue weighted by Gasteiger charge is -2.10. The molecule has 0 aliphatic rings. The Bertz CT molecular complexity index is 121. The van der Waals surface area contributed by atoms with E-state index < -0.39 is 6.10 Å². The zero-order valence-electron chi connectivity index (χ0n) is 7.59. The first-order chi connectivity index (χ1) is 5.07. The van der Waals surface area contributed by atoms with Crippen molar-refractivity contribution in [3.63, 3.8) is 0 Å². The van der Waals surface area contributed by atoms with Crippen LogP contribution in [0.15, 0.2) is 0 Å². The van der Waals surface area contributed by atoms with Crippen molar-refractivity contribution in [2.24, 2.45) is 5.92 Å². The lowest BCUT2D eigenvalue weighted by Crippen LogP contribution is -2.23. The average molecular weight is 176 g/mol. The van der Waals surface area contributed by atoms with Crippen molar-refractivity contribution in [2.45, 2.75) is 34.3 Å². The molecular formula is C9H20O3. The van der Waals surface area contributed by atoms with Gasteiger partial charge in [0, 0.05) is 7.11 Å². The van der Waals surface area contributed by atoms with Gasteiger partial charge >= 0.3 is 5.97 Å². The van der Waals surface area contributed by atoms with E-state index in [1.165, 1.54) is 7.11 Å². The Morgan fingerprint density at radius 1 is 1.33 bits per heavy atom. The molecule has 0 heterocycles. The molecule has 12 heavy (non-hydrogen) atoms. The Hall–Kier alpha value is -0.570. The van der Waals surface area contributed by atoms with E-state index in [1.807, 2.05) is 13.8 Å². The predicted molar refractivity (Wildman–Crippen MR) is 49.0 cm³/mol. The van der Waals surface area contributed by atoms with Gasteiger partial charge in [-0.25, -0.2) is 4.79 Å². The van der Waals surface area contributed by atoms with Crippen molar-refractivity contribution >= 4 is 5.97 Å². The third kappa shape index (κ3) is 6.16. The van der Waals surface area contributed by atoms with Crippen LogP contribution in [-0.4, -0.2) is 25.8 Å². The fourth-order valence-electron chi connectivity index (χ4n) is 0.462. The maximum atomic E-state index is 10.9. The van der Waals surface area contributed by atoms with Crippen molar-refractivity contribution in [3.05, 3.63) is 0 Å². The van der Waals surface area contributed by atoms with Crippen molar-refractivity contribution in [1.29, 1.82) is 0 Å². The van der Waals surface area contributed by atoms with Gasteiger partial charge in [0.2, 0.25) is 0 Å². The molecule has 0 saturated heterocycles. The number of carbonyl (C=O) groups excluding carboxylic acids is 1. The van der Waals surface area contributed by atoms with Gasteiger partial charge in [-0.05, 0) is 12.8 Å². The minimum absolute atomic E-state index is 0. The second-order valence-corrected chi connectivity index (χ2v) is 2.90. The minimum Gasteiger partial charge on any atom is -0.464 e. The molecular weight excluding hydrogens is 156 g/mol. The summed E-state index contributed by atoms with van der Waals surface area (Å²) in [4.78, 5) is 10.9. The SMILES string of the molecule is C.COC(C)C(=O)OCC(C)C. The third-order valence-electron chi connectivity index (χ3n) is 1.24. The van der Waals surface area contributed by atoms with Crippen LogP contribution < -0.4 is 0 Å². The van der Waals surface area contributed by atoms with Crippen LogP contribution in [0.2, 0.25) is 0 Å². The van der Waals surface area contributed by atoms with Gasteiger partial charge in [-0.15, -0.1) is 0 Å². The molecule has 3 nitrogen and oxygen atoms in total. The smallest absolute Gasteiger partial charge is 0.334 e. The van der Waals surface area contributed by atoms with E-state index in [2.05, 4.69) is 0 Å². The fraction of sp³-hybridized carbons (Fsp3) is 0.889. The van der Waals surface area contributed by atoms with Crippen molar-refractivity contribution < 1.29 is 14.3 Å². The van der Waals surface area contributed by atoms with Crippen LogP contribution in [0, 0.1) is 5.92 Å². The number of rotatable bonds is 4. The maximum Gasteiger partial charge on any atom is 0.334 e. The van der Waals surface area contributed by atoms with E-state index in [1.54, 1.807) is 6.92 Å². The molecule has 1 atom stereocenters. The van der Waals surface area contributed by atoms with Crippen molar-refractivity contribution in [2.75, 3.05) is 13.7 Å². The zero-order valence-corrected chi connectivity index (χ0v) is 7.59. The first-order valence-electron chi connectivity index (χ1n) is 3.77. The van der Waals surface area contributed by atoms with Crippen molar-refractivity contribution in [3.8, 4) is 0 Å². The summed E-state index contributed by atoms with van der Waals surface area (Å²) in [5.74, 6) is 0.0872. The minimum atomic E-state index is -0.450. The molecule has 0 spiro atoms. The van der Waals surface area contributed by atoms with Gasteiger partial charge < -0.3 is 9.47 Å². The van der Waals surface area contributed by atoms with E-state index >= 15 is 0 Å². The molecule has 0 aromatic rings. The van der Waals surface area contributed by atoms with E-state index in [9.17, 15) is 4.79 Å². The lowest BCUT2D eigenvalue weighted by molar-refractivity contribution is -0.155. The van der Waals surface area contributed by atoms with Gasteiger partial charge in [-0.2, -0.15) is 0 Å². The van der Waals surface area contributed by atoms with E-state index in [-0.39, 0.29) is 13.4 Å². The number of esters is 1. The topological polar surface area (TPSA) is 35.5 Å². The van der Waals surface area contributed by atoms with Crippen molar-refractivity contribution in [1.82, 2.24) is 0 Å². The highest BCUT2D eigenvalue weighted by Gasteiger charge is 2.12. The van der Waals surface area contributed by atoms with E-state index in [0.717, 1.165) is 0 Å². The molecule has 0 amide bonds. The van der Waals surface area contributed by atoms with Gasteiger partial charge in [0.15, 0.2) is 6.10 Å². The molecule has 0 bridgehead atoms. The van der Waals surface area contributed by atoms with E-state index in [4.69, 9.17) is 9.47 Å². The van der Waals surface area contributed by atoms with Crippen LogP contribution in [0.3, 0.4) is 0 Å². The second-order valence-electron chi connectivity index (χ2n) is 2.90. The zero-order chi connectivity index (χ0) is 8.85. The highest BCUT2D eigenvalue weighted by atomic mass is 16.6. The molecule has 0 saturated carbocycles. The molecule has 0 rings (SSSR count). The van der Waals surface area contributed by atoms with Crippen LogP contribution >= 0.6 is 0 Å². The third-order valence-corrected chi connectivity index (χ3v) is 1.24. The summed E-state index contributed by atoms with van der Waals surface area (Å²) < 4.78 is 9.66. The summed E-state index contributed by atoms with van der Waals surface area (Å²) in [5.41, 5.74) is 0. The molecule has 0 aliphatic carbocycles. The van der Waals surface area contributed by atoms with E-state index in [0.29, 0.717) is 12.5 Å². The van der Waals surface area contributed by atoms with Gasteiger partial charge in [0.25, 0.3) is 0 Å².